The van der Waals surface area contributed by atoms with Crippen LogP contribution in [0.5, 0.6) is 0 Å². The topological polar surface area (TPSA) is 106 Å². The molecule has 0 atom stereocenters. The average Bonchev–Trinajstić information content (AvgIpc) is 2.60. The van der Waals surface area contributed by atoms with Crippen molar-refractivity contribution in [1.29, 1.82) is 0 Å². The third kappa shape index (κ3) is 4.00. The lowest BCUT2D eigenvalue weighted by Crippen LogP contribution is -2.17. The second kappa shape index (κ2) is 7.12. The van der Waals surface area contributed by atoms with Crippen LogP contribution in [0.25, 0.3) is 11.0 Å². The van der Waals surface area contributed by atoms with Gasteiger partial charge in [-0.25, -0.2) is 15.0 Å². The molecule has 128 valence electrons. The zero-order chi connectivity index (χ0) is 17.8. The van der Waals surface area contributed by atoms with Crippen LogP contribution < -0.4 is 16.4 Å². The number of nitrogens with zero attached hydrogens (tertiary/aromatic N) is 3. The minimum atomic E-state index is -0.0463. The summed E-state index contributed by atoms with van der Waals surface area (Å²) in [6.07, 6.45) is 1.46. The third-order valence-electron chi connectivity index (χ3n) is 3.72. The molecule has 7 nitrogen and oxygen atoms in total. The molecular formula is C18H20N6O. The number of benzene rings is 1. The molecule has 0 saturated heterocycles. The van der Waals surface area contributed by atoms with Crippen molar-refractivity contribution in [2.75, 3.05) is 16.4 Å². The van der Waals surface area contributed by atoms with Gasteiger partial charge >= 0.3 is 0 Å². The fourth-order valence-electron chi connectivity index (χ4n) is 2.28. The standard InChI is InChI=1S/C18H20N6O/c1-11(2)18(25)23-13-5-3-12(4-6-13)9-20-16-14-7-8-15(19)24-17(14)22-10-21-16/h3-8,10-11H,9H2,1-2H3,(H,23,25)(H3,19,20,21,22,24). The number of pyridine rings is 1. The van der Waals surface area contributed by atoms with Crippen molar-refractivity contribution in [3.05, 3.63) is 48.3 Å². The van der Waals surface area contributed by atoms with Crippen molar-refractivity contribution in [1.82, 2.24) is 15.0 Å². The van der Waals surface area contributed by atoms with Crippen molar-refractivity contribution in [3.8, 4) is 0 Å². The SMILES string of the molecule is CC(C)C(=O)Nc1ccc(CNc2ncnc3nc(N)ccc23)cc1. The summed E-state index contributed by atoms with van der Waals surface area (Å²) in [6.45, 7) is 4.32. The highest BCUT2D eigenvalue weighted by Crippen LogP contribution is 2.19. The predicted octanol–water partition coefficient (Wildman–Crippen LogP) is 2.81. The molecule has 0 bridgehead atoms. The summed E-state index contributed by atoms with van der Waals surface area (Å²) >= 11 is 0. The molecule has 0 fully saturated rings. The molecule has 0 saturated carbocycles. The normalized spacial score (nSPS) is 10.8. The molecule has 2 aromatic heterocycles. The first-order chi connectivity index (χ1) is 12.0. The molecule has 0 aliphatic carbocycles. The molecule has 3 rings (SSSR count). The summed E-state index contributed by atoms with van der Waals surface area (Å²) < 4.78 is 0. The van der Waals surface area contributed by atoms with Gasteiger partial charge in [0.2, 0.25) is 5.91 Å². The number of anilines is 3. The monoisotopic (exact) mass is 336 g/mol. The molecular weight excluding hydrogens is 316 g/mol. The number of hydrogen-bond acceptors (Lipinski definition) is 6. The van der Waals surface area contributed by atoms with E-state index < -0.39 is 0 Å². The van der Waals surface area contributed by atoms with Gasteiger partial charge in [-0.3, -0.25) is 4.79 Å². The highest BCUT2D eigenvalue weighted by molar-refractivity contribution is 5.92. The molecule has 1 aromatic carbocycles. The molecule has 1 amide bonds. The molecule has 4 N–H and O–H groups in total. The van der Waals surface area contributed by atoms with Crippen LogP contribution >= 0.6 is 0 Å². The van der Waals surface area contributed by atoms with E-state index in [4.69, 9.17) is 5.73 Å². The largest absolute Gasteiger partial charge is 0.384 e. The summed E-state index contributed by atoms with van der Waals surface area (Å²) in [5, 5.41) is 6.97. The van der Waals surface area contributed by atoms with Crippen LogP contribution in [0, 0.1) is 5.92 Å². The lowest BCUT2D eigenvalue weighted by Gasteiger charge is -2.10. The summed E-state index contributed by atoms with van der Waals surface area (Å²) in [5.74, 6) is 1.09. The Morgan fingerprint density at radius 3 is 2.60 bits per heavy atom. The molecule has 3 aromatic rings. The number of carbonyl (C=O) groups excluding carboxylic acids is 1. The Kier molecular flexibility index (Phi) is 4.74. The highest BCUT2D eigenvalue weighted by Gasteiger charge is 2.07. The van der Waals surface area contributed by atoms with E-state index in [1.54, 1.807) is 6.07 Å². The van der Waals surface area contributed by atoms with Gasteiger partial charge in [-0.15, -0.1) is 0 Å². The number of rotatable bonds is 5. The van der Waals surface area contributed by atoms with Crippen molar-refractivity contribution < 1.29 is 4.79 Å². The van der Waals surface area contributed by atoms with E-state index in [-0.39, 0.29) is 11.8 Å². The molecule has 25 heavy (non-hydrogen) atoms. The van der Waals surface area contributed by atoms with Gasteiger partial charge in [-0.05, 0) is 29.8 Å². The molecule has 0 aliphatic heterocycles. The summed E-state index contributed by atoms with van der Waals surface area (Å²) in [6, 6.07) is 11.3. The van der Waals surface area contributed by atoms with E-state index in [1.165, 1.54) is 6.33 Å². The van der Waals surface area contributed by atoms with Gasteiger partial charge in [-0.1, -0.05) is 26.0 Å². The molecule has 7 heteroatoms. The quantitative estimate of drug-likeness (QED) is 0.661. The van der Waals surface area contributed by atoms with Crippen LogP contribution in [-0.4, -0.2) is 20.9 Å². The van der Waals surface area contributed by atoms with Crippen LogP contribution in [0.2, 0.25) is 0 Å². The van der Waals surface area contributed by atoms with Crippen LogP contribution in [0.3, 0.4) is 0 Å². The van der Waals surface area contributed by atoms with Crippen LogP contribution in [0.15, 0.2) is 42.7 Å². The highest BCUT2D eigenvalue weighted by atomic mass is 16.1. The Balaban J connectivity index is 1.69. The summed E-state index contributed by atoms with van der Waals surface area (Å²) in [5.41, 5.74) is 8.10. The second-order valence-electron chi connectivity index (χ2n) is 6.02. The predicted molar refractivity (Wildman–Crippen MR) is 99.0 cm³/mol. The van der Waals surface area contributed by atoms with Crippen LogP contribution in [0.1, 0.15) is 19.4 Å². The number of nitrogens with two attached hydrogens (primary N) is 1. The molecule has 0 aliphatic rings. The van der Waals surface area contributed by atoms with E-state index in [0.29, 0.717) is 23.8 Å². The number of aromatic nitrogens is 3. The van der Waals surface area contributed by atoms with Gasteiger partial charge in [0.15, 0.2) is 5.65 Å². The molecule has 2 heterocycles. The second-order valence-corrected chi connectivity index (χ2v) is 6.02. The minimum absolute atomic E-state index is 0.00473. The van der Waals surface area contributed by atoms with Gasteiger partial charge in [0.05, 0.1) is 5.39 Å². The van der Waals surface area contributed by atoms with E-state index in [2.05, 4.69) is 25.6 Å². The number of fused-ring (bicyclic) bond motifs is 1. The van der Waals surface area contributed by atoms with Crippen molar-refractivity contribution in [2.45, 2.75) is 20.4 Å². The Morgan fingerprint density at radius 2 is 1.88 bits per heavy atom. The lowest BCUT2D eigenvalue weighted by molar-refractivity contribution is -0.118. The fraction of sp³-hybridized carbons (Fsp3) is 0.222. The minimum Gasteiger partial charge on any atom is -0.384 e. The van der Waals surface area contributed by atoms with E-state index in [0.717, 1.165) is 16.6 Å². The first-order valence-electron chi connectivity index (χ1n) is 8.04. The lowest BCUT2D eigenvalue weighted by atomic mass is 10.1. The van der Waals surface area contributed by atoms with Gasteiger partial charge < -0.3 is 16.4 Å². The maximum absolute atomic E-state index is 11.7. The maximum Gasteiger partial charge on any atom is 0.226 e. The number of carbonyl (C=O) groups is 1. The fourth-order valence-corrected chi connectivity index (χ4v) is 2.28. The Hall–Kier alpha value is -3.22. The van der Waals surface area contributed by atoms with Gasteiger partial charge in [0.1, 0.15) is 18.0 Å². The Labute approximate surface area is 145 Å². The third-order valence-corrected chi connectivity index (χ3v) is 3.72. The number of nitrogens with one attached hydrogen (secondary N) is 2. The molecule has 0 unspecified atom stereocenters. The van der Waals surface area contributed by atoms with Gasteiger partial charge in [0, 0.05) is 18.2 Å². The van der Waals surface area contributed by atoms with Crippen molar-refractivity contribution >= 4 is 34.3 Å². The number of amides is 1. The van der Waals surface area contributed by atoms with Gasteiger partial charge in [0.25, 0.3) is 0 Å². The Bertz CT molecular complexity index is 892. The van der Waals surface area contributed by atoms with Crippen LogP contribution in [0.4, 0.5) is 17.3 Å². The first kappa shape index (κ1) is 16.6. The smallest absolute Gasteiger partial charge is 0.226 e. The van der Waals surface area contributed by atoms with E-state index >= 15 is 0 Å². The first-order valence-corrected chi connectivity index (χ1v) is 8.04. The zero-order valence-corrected chi connectivity index (χ0v) is 14.2. The molecule has 0 spiro atoms. The number of nitrogen functional groups attached to an aromatic ring is 1. The van der Waals surface area contributed by atoms with Crippen LogP contribution in [-0.2, 0) is 11.3 Å². The van der Waals surface area contributed by atoms with E-state index in [9.17, 15) is 4.79 Å². The molecule has 0 radical (unpaired) electrons. The summed E-state index contributed by atoms with van der Waals surface area (Å²) in [4.78, 5) is 24.3. The Morgan fingerprint density at radius 1 is 1.12 bits per heavy atom. The van der Waals surface area contributed by atoms with Gasteiger partial charge in [-0.2, -0.15) is 0 Å². The van der Waals surface area contributed by atoms with Crippen molar-refractivity contribution in [3.63, 3.8) is 0 Å². The van der Waals surface area contributed by atoms with Crippen molar-refractivity contribution in [2.24, 2.45) is 5.92 Å². The zero-order valence-electron chi connectivity index (χ0n) is 14.2. The summed E-state index contributed by atoms with van der Waals surface area (Å²) in [7, 11) is 0. The average molecular weight is 336 g/mol. The maximum atomic E-state index is 11.7. The number of hydrogen-bond donors (Lipinski definition) is 3. The van der Waals surface area contributed by atoms with E-state index in [1.807, 2.05) is 44.2 Å².